The third-order valence-corrected chi connectivity index (χ3v) is 1.76. The van der Waals surface area contributed by atoms with Crippen LogP contribution in [0.25, 0.3) is 0 Å². The fourth-order valence-electron chi connectivity index (χ4n) is 0.231. The average molecular weight is 254 g/mol. The maximum atomic E-state index is 5.07. The zero-order valence-corrected chi connectivity index (χ0v) is 7.67. The molecular formula is C5H7IN2S. The van der Waals surface area contributed by atoms with Gasteiger partial charge in [-0.3, -0.25) is 3.11 Å². The fraction of sp³-hybridized carbons (Fsp3) is 0. The average Bonchev–Trinajstić information content (AvgIpc) is 1.89. The van der Waals surface area contributed by atoms with Crippen molar-refractivity contribution in [1.82, 2.24) is 3.11 Å². The molecule has 0 heterocycles. The van der Waals surface area contributed by atoms with Crippen molar-refractivity contribution in [1.29, 1.82) is 0 Å². The zero-order valence-electron chi connectivity index (χ0n) is 4.70. The van der Waals surface area contributed by atoms with Crippen molar-refractivity contribution in [3.63, 3.8) is 0 Å². The van der Waals surface area contributed by atoms with Crippen molar-refractivity contribution in [2.24, 2.45) is 5.73 Å². The first-order valence-corrected chi connectivity index (χ1v) is 3.69. The van der Waals surface area contributed by atoms with E-state index in [4.69, 9.17) is 5.73 Å². The minimum absolute atomic E-state index is 1.46. The van der Waals surface area contributed by atoms with Crippen molar-refractivity contribution in [3.05, 3.63) is 24.6 Å². The Balaban J connectivity index is 3.55. The summed E-state index contributed by atoms with van der Waals surface area (Å²) in [6.45, 7) is 0. The molecule has 2 nitrogen and oxygen atoms in total. The second-order valence-electron chi connectivity index (χ2n) is 1.18. The van der Waals surface area contributed by atoms with Crippen molar-refractivity contribution in [3.8, 4) is 0 Å². The number of hydrogen-bond donors (Lipinski definition) is 1. The standard InChI is InChI=1S/C5H7IN2S/c6-8(5-9)4-2-1-3-7/h1-5H,7H2/b3-1-,4-2-. The highest BCUT2D eigenvalue weighted by Gasteiger charge is 1.77. The highest BCUT2D eigenvalue weighted by atomic mass is 127. The van der Waals surface area contributed by atoms with Crippen LogP contribution in [0.15, 0.2) is 24.6 Å². The molecule has 0 amide bonds. The van der Waals surface area contributed by atoms with Crippen molar-refractivity contribution in [2.45, 2.75) is 0 Å². The van der Waals surface area contributed by atoms with Crippen molar-refractivity contribution >= 4 is 40.6 Å². The van der Waals surface area contributed by atoms with Crippen LogP contribution in [0.2, 0.25) is 0 Å². The van der Waals surface area contributed by atoms with Gasteiger partial charge in [-0.25, -0.2) is 0 Å². The summed E-state index contributed by atoms with van der Waals surface area (Å²) in [7, 11) is 0. The number of nitrogens with two attached hydrogens (primary N) is 1. The molecule has 0 atom stereocenters. The molecule has 0 aromatic heterocycles. The lowest BCUT2D eigenvalue weighted by Crippen LogP contribution is -1.93. The molecule has 50 valence electrons. The molecule has 9 heavy (non-hydrogen) atoms. The topological polar surface area (TPSA) is 29.3 Å². The number of hydrogen-bond acceptors (Lipinski definition) is 2. The van der Waals surface area contributed by atoms with Gasteiger partial charge in [0.25, 0.3) is 0 Å². The van der Waals surface area contributed by atoms with E-state index in [9.17, 15) is 0 Å². The Labute approximate surface area is 73.9 Å². The van der Waals surface area contributed by atoms with Gasteiger partial charge in [-0.15, -0.1) is 0 Å². The molecule has 0 aliphatic heterocycles. The van der Waals surface area contributed by atoms with E-state index < -0.39 is 0 Å². The van der Waals surface area contributed by atoms with Gasteiger partial charge in [-0.2, -0.15) is 0 Å². The molecule has 0 unspecified atom stereocenters. The van der Waals surface area contributed by atoms with Gasteiger partial charge in [-0.05, 0) is 18.4 Å². The molecule has 0 radical (unpaired) electrons. The molecule has 0 bridgehead atoms. The number of thiocarbonyl (C=S) groups is 1. The Bertz CT molecular complexity index is 133. The molecular weight excluding hydrogens is 247 g/mol. The van der Waals surface area contributed by atoms with Gasteiger partial charge < -0.3 is 5.73 Å². The first kappa shape index (κ1) is 8.90. The second-order valence-corrected chi connectivity index (χ2v) is 2.50. The van der Waals surface area contributed by atoms with Crippen LogP contribution in [-0.2, 0) is 0 Å². The smallest absolute Gasteiger partial charge is 0.0773 e. The molecule has 0 aliphatic carbocycles. The minimum atomic E-state index is 1.46. The van der Waals surface area contributed by atoms with E-state index in [0.717, 1.165) is 0 Å². The molecule has 4 heteroatoms. The Morgan fingerprint density at radius 1 is 1.44 bits per heavy atom. The Morgan fingerprint density at radius 3 is 2.56 bits per heavy atom. The van der Waals surface area contributed by atoms with Gasteiger partial charge in [0, 0.05) is 6.20 Å². The molecule has 2 N–H and O–H groups in total. The van der Waals surface area contributed by atoms with Gasteiger partial charge in [0.15, 0.2) is 0 Å². The molecule has 0 saturated carbocycles. The number of rotatable bonds is 3. The van der Waals surface area contributed by atoms with Crippen LogP contribution in [0.3, 0.4) is 0 Å². The lowest BCUT2D eigenvalue weighted by atomic mass is 10.6. The highest BCUT2D eigenvalue weighted by Crippen LogP contribution is 1.94. The Morgan fingerprint density at radius 2 is 2.11 bits per heavy atom. The summed E-state index contributed by atoms with van der Waals surface area (Å²) in [6, 6.07) is 0. The molecule has 0 fully saturated rings. The molecule has 0 spiro atoms. The fourth-order valence-corrected chi connectivity index (χ4v) is 0.487. The molecule has 0 saturated heterocycles. The third kappa shape index (κ3) is 5.78. The van der Waals surface area contributed by atoms with E-state index >= 15 is 0 Å². The number of halogens is 1. The van der Waals surface area contributed by atoms with Gasteiger partial charge in [0.1, 0.15) is 0 Å². The maximum absolute atomic E-state index is 5.07. The van der Waals surface area contributed by atoms with Crippen LogP contribution in [-0.4, -0.2) is 8.60 Å². The summed E-state index contributed by atoms with van der Waals surface area (Å²) < 4.78 is 1.73. The molecule has 0 rings (SSSR count). The Hall–Kier alpha value is -0.100. The minimum Gasteiger partial charge on any atom is -0.405 e. The molecule has 0 aromatic rings. The predicted octanol–water partition coefficient (Wildman–Crippen LogP) is 1.58. The molecule has 0 aliphatic rings. The summed E-state index contributed by atoms with van der Waals surface area (Å²) in [5.41, 5.74) is 6.60. The predicted molar refractivity (Wildman–Crippen MR) is 52.0 cm³/mol. The number of nitrogens with zero attached hydrogens (tertiary/aromatic N) is 1. The van der Waals surface area contributed by atoms with Crippen LogP contribution in [0.4, 0.5) is 0 Å². The number of allylic oxidation sites excluding steroid dienone is 2. The maximum Gasteiger partial charge on any atom is 0.0773 e. The monoisotopic (exact) mass is 254 g/mol. The Kier molecular flexibility index (Phi) is 5.96. The first-order valence-electron chi connectivity index (χ1n) is 2.25. The van der Waals surface area contributed by atoms with Crippen LogP contribution >= 0.6 is 35.1 Å². The van der Waals surface area contributed by atoms with Crippen LogP contribution < -0.4 is 5.73 Å². The van der Waals surface area contributed by atoms with E-state index in [-0.39, 0.29) is 0 Å². The largest absolute Gasteiger partial charge is 0.405 e. The van der Waals surface area contributed by atoms with E-state index in [0.29, 0.717) is 0 Å². The normalized spacial score (nSPS) is 10.8. The molecule has 0 aromatic carbocycles. The summed E-state index contributed by atoms with van der Waals surface area (Å²) >= 11 is 6.67. The zero-order chi connectivity index (χ0) is 7.11. The van der Waals surface area contributed by atoms with Gasteiger partial charge in [0.2, 0.25) is 0 Å². The quantitative estimate of drug-likeness (QED) is 0.359. The van der Waals surface area contributed by atoms with Crippen LogP contribution in [0.1, 0.15) is 0 Å². The second kappa shape index (κ2) is 6.03. The lowest BCUT2D eigenvalue weighted by molar-refractivity contribution is 1.05. The van der Waals surface area contributed by atoms with E-state index in [1.54, 1.807) is 21.5 Å². The van der Waals surface area contributed by atoms with Crippen LogP contribution in [0.5, 0.6) is 0 Å². The van der Waals surface area contributed by atoms with Gasteiger partial charge in [0.05, 0.1) is 28.4 Å². The third-order valence-electron chi connectivity index (χ3n) is 0.551. The highest BCUT2D eigenvalue weighted by molar-refractivity contribution is 14.1. The summed E-state index contributed by atoms with van der Waals surface area (Å²) in [5, 5.41) is 0. The SMILES string of the molecule is N/C=C\C=C/N(I)C=S. The van der Waals surface area contributed by atoms with Gasteiger partial charge >= 0.3 is 0 Å². The summed E-state index contributed by atoms with van der Waals surface area (Å²) in [5.74, 6) is 0. The lowest BCUT2D eigenvalue weighted by Gasteiger charge is -1.97. The van der Waals surface area contributed by atoms with E-state index in [2.05, 4.69) is 35.1 Å². The van der Waals surface area contributed by atoms with Crippen molar-refractivity contribution in [2.75, 3.05) is 0 Å². The van der Waals surface area contributed by atoms with Crippen LogP contribution in [0, 0.1) is 0 Å². The van der Waals surface area contributed by atoms with Crippen molar-refractivity contribution < 1.29 is 0 Å². The first-order chi connectivity index (χ1) is 4.31. The summed E-state index contributed by atoms with van der Waals surface area (Å²) in [4.78, 5) is 0. The van der Waals surface area contributed by atoms with E-state index in [1.807, 2.05) is 0 Å². The van der Waals surface area contributed by atoms with E-state index in [1.165, 1.54) is 11.7 Å². The van der Waals surface area contributed by atoms with Gasteiger partial charge in [-0.1, -0.05) is 12.2 Å². The summed E-state index contributed by atoms with van der Waals surface area (Å²) in [6.07, 6.45) is 6.79.